The van der Waals surface area contributed by atoms with Crippen molar-refractivity contribution in [2.45, 2.75) is 65.7 Å². The fraction of sp³-hybridized carbons (Fsp3) is 0.750. The van der Waals surface area contributed by atoms with Crippen LogP contribution in [0.4, 0.5) is 5.82 Å². The topological polar surface area (TPSA) is 47.0 Å². The highest BCUT2D eigenvalue weighted by molar-refractivity contribution is 5.48. The summed E-state index contributed by atoms with van der Waals surface area (Å²) in [6, 6.07) is 0. The number of ether oxygens (including phenoxy) is 1. The summed E-state index contributed by atoms with van der Waals surface area (Å²) in [5, 5.41) is 3.12. The highest BCUT2D eigenvalue weighted by atomic mass is 16.5. The molecular formula is C16H29N3O. The van der Waals surface area contributed by atoms with Gasteiger partial charge in [-0.15, -0.1) is 0 Å². The van der Waals surface area contributed by atoms with Crippen LogP contribution < -0.4 is 10.1 Å². The predicted molar refractivity (Wildman–Crippen MR) is 84.6 cm³/mol. The Balaban J connectivity index is 2.56. The summed E-state index contributed by atoms with van der Waals surface area (Å²) in [5.41, 5.74) is 1.00. The van der Waals surface area contributed by atoms with E-state index in [1.165, 1.54) is 25.7 Å². The van der Waals surface area contributed by atoms with Gasteiger partial charge in [-0.1, -0.05) is 39.5 Å². The van der Waals surface area contributed by atoms with Crippen molar-refractivity contribution in [3.63, 3.8) is 0 Å². The molecule has 0 aromatic carbocycles. The lowest BCUT2D eigenvalue weighted by Gasteiger charge is -2.13. The fourth-order valence-electron chi connectivity index (χ4n) is 2.13. The normalized spacial score (nSPS) is 10.6. The van der Waals surface area contributed by atoms with Crippen molar-refractivity contribution in [2.24, 2.45) is 0 Å². The summed E-state index contributed by atoms with van der Waals surface area (Å²) in [6.45, 7) is 7.12. The van der Waals surface area contributed by atoms with E-state index in [2.05, 4.69) is 29.1 Å². The molecule has 0 radical (unpaired) electrons. The van der Waals surface area contributed by atoms with Crippen LogP contribution in [-0.2, 0) is 6.42 Å². The lowest BCUT2D eigenvalue weighted by atomic mass is 10.2. The van der Waals surface area contributed by atoms with Gasteiger partial charge in [0.2, 0.25) is 5.88 Å². The van der Waals surface area contributed by atoms with E-state index < -0.39 is 0 Å². The van der Waals surface area contributed by atoms with E-state index in [0.29, 0.717) is 0 Å². The van der Waals surface area contributed by atoms with Crippen molar-refractivity contribution in [3.05, 3.63) is 11.4 Å². The van der Waals surface area contributed by atoms with Gasteiger partial charge in [-0.2, -0.15) is 4.98 Å². The molecule has 0 unspecified atom stereocenters. The molecule has 0 fully saturated rings. The molecule has 1 heterocycles. The van der Waals surface area contributed by atoms with E-state index >= 15 is 0 Å². The minimum atomic E-state index is 0.739. The minimum Gasteiger partial charge on any atom is -0.477 e. The Morgan fingerprint density at radius 3 is 2.40 bits per heavy atom. The van der Waals surface area contributed by atoms with E-state index in [4.69, 9.17) is 4.74 Å². The van der Waals surface area contributed by atoms with Gasteiger partial charge in [-0.25, -0.2) is 4.98 Å². The molecule has 0 aliphatic carbocycles. The van der Waals surface area contributed by atoms with Crippen LogP contribution in [-0.4, -0.2) is 23.6 Å². The van der Waals surface area contributed by atoms with Gasteiger partial charge in [0.1, 0.15) is 11.6 Å². The number of rotatable bonds is 10. The maximum atomic E-state index is 5.86. The molecule has 0 saturated heterocycles. The van der Waals surface area contributed by atoms with Crippen molar-refractivity contribution in [3.8, 4) is 5.88 Å². The first-order valence-corrected chi connectivity index (χ1v) is 7.90. The molecular weight excluding hydrogens is 250 g/mol. The molecule has 0 amide bonds. The molecule has 4 heteroatoms. The second kappa shape index (κ2) is 9.56. The van der Waals surface area contributed by atoms with Gasteiger partial charge in [-0.05, 0) is 19.8 Å². The Bertz CT molecular complexity index is 394. The minimum absolute atomic E-state index is 0.739. The number of hydrogen-bond donors (Lipinski definition) is 1. The van der Waals surface area contributed by atoms with E-state index in [0.717, 1.165) is 49.0 Å². The third-order valence-electron chi connectivity index (χ3n) is 3.34. The number of hydrogen-bond acceptors (Lipinski definition) is 4. The zero-order valence-electron chi connectivity index (χ0n) is 13.5. The summed E-state index contributed by atoms with van der Waals surface area (Å²) < 4.78 is 5.86. The third kappa shape index (κ3) is 5.35. The second-order valence-corrected chi connectivity index (χ2v) is 5.18. The molecule has 1 rings (SSSR count). The van der Waals surface area contributed by atoms with Crippen LogP contribution in [0.25, 0.3) is 0 Å². The largest absolute Gasteiger partial charge is 0.477 e. The summed E-state index contributed by atoms with van der Waals surface area (Å²) in [7, 11) is 1.89. The van der Waals surface area contributed by atoms with E-state index in [1.54, 1.807) is 0 Å². The maximum Gasteiger partial charge on any atom is 0.221 e. The second-order valence-electron chi connectivity index (χ2n) is 5.18. The van der Waals surface area contributed by atoms with Gasteiger partial charge >= 0.3 is 0 Å². The van der Waals surface area contributed by atoms with Crippen LogP contribution in [0.3, 0.4) is 0 Å². The lowest BCUT2D eigenvalue weighted by Crippen LogP contribution is -2.08. The molecule has 20 heavy (non-hydrogen) atoms. The Morgan fingerprint density at radius 1 is 1.00 bits per heavy atom. The summed E-state index contributed by atoms with van der Waals surface area (Å²) in [4.78, 5) is 9.04. The zero-order valence-corrected chi connectivity index (χ0v) is 13.5. The third-order valence-corrected chi connectivity index (χ3v) is 3.34. The predicted octanol–water partition coefficient (Wildman–Crippen LogP) is 4.13. The van der Waals surface area contributed by atoms with Crippen LogP contribution in [0.5, 0.6) is 5.88 Å². The smallest absolute Gasteiger partial charge is 0.221 e. The van der Waals surface area contributed by atoms with Gasteiger partial charge in [0.25, 0.3) is 0 Å². The van der Waals surface area contributed by atoms with Crippen molar-refractivity contribution in [1.29, 1.82) is 0 Å². The molecule has 0 bridgehead atoms. The molecule has 0 spiro atoms. The lowest BCUT2D eigenvalue weighted by molar-refractivity contribution is 0.290. The maximum absolute atomic E-state index is 5.86. The van der Waals surface area contributed by atoms with Crippen LogP contribution in [0.15, 0.2) is 0 Å². The number of nitrogens with zero attached hydrogens (tertiary/aromatic N) is 2. The summed E-state index contributed by atoms with van der Waals surface area (Å²) in [6.07, 6.45) is 8.16. The molecule has 0 aliphatic rings. The quantitative estimate of drug-likeness (QED) is 0.654. The number of aryl methyl sites for hydroxylation is 1. The van der Waals surface area contributed by atoms with Crippen LogP contribution >= 0.6 is 0 Å². The molecule has 1 N–H and O–H groups in total. The van der Waals surface area contributed by atoms with Crippen LogP contribution in [0.1, 0.15) is 63.8 Å². The molecule has 4 nitrogen and oxygen atoms in total. The molecule has 1 aromatic heterocycles. The van der Waals surface area contributed by atoms with Crippen molar-refractivity contribution in [2.75, 3.05) is 19.0 Å². The highest BCUT2D eigenvalue weighted by Gasteiger charge is 2.10. The van der Waals surface area contributed by atoms with Crippen molar-refractivity contribution >= 4 is 5.82 Å². The molecule has 0 atom stereocenters. The molecule has 114 valence electrons. The van der Waals surface area contributed by atoms with Gasteiger partial charge in [0.05, 0.1) is 12.2 Å². The van der Waals surface area contributed by atoms with Crippen molar-refractivity contribution < 1.29 is 4.74 Å². The van der Waals surface area contributed by atoms with Crippen LogP contribution in [0.2, 0.25) is 0 Å². The average molecular weight is 279 g/mol. The Hall–Kier alpha value is -1.32. The molecule has 1 aromatic rings. The van der Waals surface area contributed by atoms with E-state index in [-0.39, 0.29) is 0 Å². The van der Waals surface area contributed by atoms with E-state index in [1.807, 2.05) is 14.0 Å². The SMILES string of the molecule is CCCCCCCOc1nc(CCC)nc(NC)c1C. The first-order chi connectivity index (χ1) is 9.72. The highest BCUT2D eigenvalue weighted by Crippen LogP contribution is 2.22. The van der Waals surface area contributed by atoms with E-state index in [9.17, 15) is 0 Å². The van der Waals surface area contributed by atoms with Gasteiger partial charge in [-0.3, -0.25) is 0 Å². The summed E-state index contributed by atoms with van der Waals surface area (Å²) >= 11 is 0. The van der Waals surface area contributed by atoms with Gasteiger partial charge < -0.3 is 10.1 Å². The Kier molecular flexibility index (Phi) is 8.00. The summed E-state index contributed by atoms with van der Waals surface area (Å²) in [5.74, 6) is 2.48. The fourth-order valence-corrected chi connectivity index (χ4v) is 2.13. The van der Waals surface area contributed by atoms with Crippen LogP contribution in [0, 0.1) is 6.92 Å². The molecule has 0 saturated carbocycles. The number of aromatic nitrogens is 2. The Labute approximate surface area is 123 Å². The number of nitrogens with one attached hydrogen (secondary N) is 1. The first-order valence-electron chi connectivity index (χ1n) is 7.90. The number of anilines is 1. The standard InChI is InChI=1S/C16H29N3O/c1-5-7-8-9-10-12-20-16-13(3)15(17-4)18-14(19-16)11-6-2/h5-12H2,1-4H3,(H,17,18,19). The Morgan fingerprint density at radius 2 is 1.75 bits per heavy atom. The average Bonchev–Trinajstić information content (AvgIpc) is 2.45. The molecule has 0 aliphatic heterocycles. The zero-order chi connectivity index (χ0) is 14.8. The number of unbranched alkanes of at least 4 members (excludes halogenated alkanes) is 4. The first kappa shape index (κ1) is 16.7. The monoisotopic (exact) mass is 279 g/mol. The van der Waals surface area contributed by atoms with Gasteiger partial charge in [0, 0.05) is 13.5 Å². The van der Waals surface area contributed by atoms with Crippen molar-refractivity contribution in [1.82, 2.24) is 9.97 Å². The van der Waals surface area contributed by atoms with Gasteiger partial charge in [0.15, 0.2) is 0 Å².